The third-order valence-corrected chi connectivity index (χ3v) is 2.14. The third-order valence-electron chi connectivity index (χ3n) is 2.14. The van der Waals surface area contributed by atoms with Crippen molar-refractivity contribution in [2.45, 2.75) is 18.7 Å². The van der Waals surface area contributed by atoms with Crippen molar-refractivity contribution < 1.29 is 27.8 Å². The van der Waals surface area contributed by atoms with E-state index in [9.17, 15) is 23.1 Å². The molecule has 1 atom stereocenters. The SMILES string of the molecule is CCOC(=O)[C@@](O)(C#Cc1ccccc1)C(F)(F)F. The first kappa shape index (κ1) is 15.1. The second kappa shape index (κ2) is 5.76. The third kappa shape index (κ3) is 3.48. The molecule has 0 fully saturated rings. The monoisotopic (exact) mass is 272 g/mol. The van der Waals surface area contributed by atoms with E-state index >= 15 is 0 Å². The van der Waals surface area contributed by atoms with Crippen molar-refractivity contribution in [3.63, 3.8) is 0 Å². The molecule has 0 bridgehead atoms. The van der Waals surface area contributed by atoms with E-state index in [1.54, 1.807) is 24.1 Å². The zero-order valence-electron chi connectivity index (χ0n) is 9.99. The summed E-state index contributed by atoms with van der Waals surface area (Å²) in [7, 11) is 0. The van der Waals surface area contributed by atoms with Crippen LogP contribution in [0, 0.1) is 11.8 Å². The summed E-state index contributed by atoms with van der Waals surface area (Å²) in [5.74, 6) is 1.83. The van der Waals surface area contributed by atoms with Crippen LogP contribution in [0.2, 0.25) is 0 Å². The molecule has 0 aliphatic heterocycles. The first-order valence-electron chi connectivity index (χ1n) is 5.36. The quantitative estimate of drug-likeness (QED) is 0.660. The summed E-state index contributed by atoms with van der Waals surface area (Å²) in [5.41, 5.74) is -3.58. The van der Waals surface area contributed by atoms with Gasteiger partial charge in [0.1, 0.15) is 0 Å². The number of esters is 1. The lowest BCUT2D eigenvalue weighted by atomic mass is 10.0. The van der Waals surface area contributed by atoms with Gasteiger partial charge >= 0.3 is 17.7 Å². The van der Waals surface area contributed by atoms with Crippen molar-refractivity contribution >= 4 is 5.97 Å². The smallest absolute Gasteiger partial charge is 0.440 e. The first-order chi connectivity index (χ1) is 8.81. The van der Waals surface area contributed by atoms with Crippen LogP contribution >= 0.6 is 0 Å². The van der Waals surface area contributed by atoms with Crippen LogP contribution in [-0.2, 0) is 9.53 Å². The lowest BCUT2D eigenvalue weighted by Crippen LogP contribution is -2.52. The van der Waals surface area contributed by atoms with Gasteiger partial charge in [-0.1, -0.05) is 24.1 Å². The van der Waals surface area contributed by atoms with Gasteiger partial charge in [-0.15, -0.1) is 0 Å². The molecular formula is C13H11F3O3. The normalized spacial score (nSPS) is 13.9. The summed E-state index contributed by atoms with van der Waals surface area (Å²) in [6.45, 7) is 1.05. The molecule has 1 aromatic rings. The van der Waals surface area contributed by atoms with E-state index in [4.69, 9.17) is 0 Å². The van der Waals surface area contributed by atoms with E-state index in [1.165, 1.54) is 19.1 Å². The van der Waals surface area contributed by atoms with Crippen molar-refractivity contribution in [1.29, 1.82) is 0 Å². The number of carbonyl (C=O) groups is 1. The Bertz CT molecular complexity index is 499. The van der Waals surface area contributed by atoms with E-state index in [0.29, 0.717) is 0 Å². The first-order valence-corrected chi connectivity index (χ1v) is 5.36. The van der Waals surface area contributed by atoms with E-state index in [1.807, 2.05) is 0 Å². The minimum Gasteiger partial charge on any atom is -0.463 e. The van der Waals surface area contributed by atoms with E-state index in [2.05, 4.69) is 10.7 Å². The molecule has 0 aliphatic carbocycles. The number of hydrogen-bond donors (Lipinski definition) is 1. The Morgan fingerprint density at radius 2 is 1.89 bits per heavy atom. The molecule has 0 saturated heterocycles. The Morgan fingerprint density at radius 1 is 1.32 bits per heavy atom. The number of halogens is 3. The summed E-state index contributed by atoms with van der Waals surface area (Å²) in [6, 6.07) is 7.71. The lowest BCUT2D eigenvalue weighted by molar-refractivity contribution is -0.242. The fraction of sp³-hybridized carbons (Fsp3) is 0.308. The van der Waals surface area contributed by atoms with Crippen LogP contribution in [-0.4, -0.2) is 29.5 Å². The minimum atomic E-state index is -5.24. The molecular weight excluding hydrogens is 261 g/mol. The number of ether oxygens (including phenoxy) is 1. The largest absolute Gasteiger partial charge is 0.463 e. The van der Waals surface area contributed by atoms with Crippen molar-refractivity contribution in [3.05, 3.63) is 35.9 Å². The molecule has 1 aromatic carbocycles. The Balaban J connectivity index is 3.14. The van der Waals surface area contributed by atoms with Crippen LogP contribution in [0.5, 0.6) is 0 Å². The highest BCUT2D eigenvalue weighted by Crippen LogP contribution is 2.31. The Morgan fingerprint density at radius 3 is 2.37 bits per heavy atom. The van der Waals surface area contributed by atoms with Crippen LogP contribution in [0.1, 0.15) is 12.5 Å². The number of alkyl halides is 3. The fourth-order valence-electron chi connectivity index (χ4n) is 1.16. The van der Waals surface area contributed by atoms with Crippen molar-refractivity contribution in [3.8, 4) is 11.8 Å². The number of hydrogen-bond acceptors (Lipinski definition) is 3. The van der Waals surface area contributed by atoms with Gasteiger partial charge in [0, 0.05) is 5.56 Å². The summed E-state index contributed by atoms with van der Waals surface area (Å²) < 4.78 is 42.4. The molecule has 6 heteroatoms. The Hall–Kier alpha value is -2.00. The summed E-state index contributed by atoms with van der Waals surface area (Å²) in [5, 5.41) is 9.44. The highest BCUT2D eigenvalue weighted by atomic mass is 19.4. The molecule has 102 valence electrons. The topological polar surface area (TPSA) is 46.5 Å². The molecule has 0 heterocycles. The second-order valence-electron chi connectivity index (χ2n) is 3.54. The highest BCUT2D eigenvalue weighted by Gasteiger charge is 2.60. The van der Waals surface area contributed by atoms with Gasteiger partial charge in [-0.05, 0) is 25.0 Å². The molecule has 0 saturated carbocycles. The fourth-order valence-corrected chi connectivity index (χ4v) is 1.16. The molecule has 1 N–H and O–H groups in total. The Labute approximate surface area is 108 Å². The van der Waals surface area contributed by atoms with Gasteiger partial charge in [0.05, 0.1) is 6.61 Å². The molecule has 19 heavy (non-hydrogen) atoms. The zero-order valence-corrected chi connectivity index (χ0v) is 9.99. The van der Waals surface area contributed by atoms with Gasteiger partial charge in [0.15, 0.2) is 0 Å². The van der Waals surface area contributed by atoms with Crippen LogP contribution < -0.4 is 0 Å². The summed E-state index contributed by atoms with van der Waals surface area (Å²) in [4.78, 5) is 11.2. The molecule has 0 amide bonds. The van der Waals surface area contributed by atoms with Crippen LogP contribution in [0.4, 0.5) is 13.2 Å². The predicted octanol–water partition coefficient (Wildman–Crippen LogP) is 1.89. The molecule has 1 rings (SSSR count). The van der Waals surface area contributed by atoms with E-state index < -0.39 is 17.7 Å². The average molecular weight is 272 g/mol. The van der Waals surface area contributed by atoms with Crippen molar-refractivity contribution in [2.75, 3.05) is 6.61 Å². The van der Waals surface area contributed by atoms with Crippen molar-refractivity contribution in [2.24, 2.45) is 0 Å². The second-order valence-corrected chi connectivity index (χ2v) is 3.54. The molecule has 0 unspecified atom stereocenters. The van der Waals surface area contributed by atoms with Crippen LogP contribution in [0.25, 0.3) is 0 Å². The molecule has 3 nitrogen and oxygen atoms in total. The van der Waals surface area contributed by atoms with Gasteiger partial charge in [-0.25, -0.2) is 4.79 Å². The summed E-state index contributed by atoms with van der Waals surface area (Å²) in [6.07, 6.45) is -5.24. The van der Waals surface area contributed by atoms with Crippen molar-refractivity contribution in [1.82, 2.24) is 0 Å². The van der Waals surface area contributed by atoms with Gasteiger partial charge in [-0.3, -0.25) is 0 Å². The maximum atomic E-state index is 12.7. The summed E-state index contributed by atoms with van der Waals surface area (Å²) >= 11 is 0. The van der Waals surface area contributed by atoms with Crippen LogP contribution in [0.3, 0.4) is 0 Å². The van der Waals surface area contributed by atoms with Gasteiger partial charge in [0.2, 0.25) is 0 Å². The molecule has 0 spiro atoms. The minimum absolute atomic E-state index is 0.245. The number of aliphatic hydroxyl groups is 1. The Kier molecular flexibility index (Phi) is 4.57. The molecule has 0 aromatic heterocycles. The molecule has 0 radical (unpaired) electrons. The standard InChI is InChI=1S/C13H11F3O3/c1-2-19-11(17)12(18,13(14,15)16)9-8-10-6-4-3-5-7-10/h3-7,18H,2H2,1H3/t12-/m0/s1. The predicted molar refractivity (Wildman–Crippen MR) is 61.0 cm³/mol. The van der Waals surface area contributed by atoms with E-state index in [0.717, 1.165) is 0 Å². The highest BCUT2D eigenvalue weighted by molar-refractivity contribution is 5.84. The zero-order chi connectivity index (χ0) is 14.5. The van der Waals surface area contributed by atoms with E-state index in [-0.39, 0.29) is 12.2 Å². The maximum absolute atomic E-state index is 12.7. The number of benzene rings is 1. The number of rotatable bonds is 2. The maximum Gasteiger partial charge on any atom is 0.440 e. The van der Waals surface area contributed by atoms with Gasteiger partial charge in [0.25, 0.3) is 0 Å². The lowest BCUT2D eigenvalue weighted by Gasteiger charge is -2.22. The van der Waals surface area contributed by atoms with Gasteiger partial charge in [-0.2, -0.15) is 13.2 Å². The van der Waals surface area contributed by atoms with Crippen LogP contribution in [0.15, 0.2) is 30.3 Å². The van der Waals surface area contributed by atoms with Gasteiger partial charge < -0.3 is 9.84 Å². The average Bonchev–Trinajstić information content (AvgIpc) is 2.36. The number of carbonyl (C=O) groups excluding carboxylic acids is 1. The molecule has 0 aliphatic rings.